The van der Waals surface area contributed by atoms with Gasteiger partial charge in [-0.1, -0.05) is 24.9 Å². The SMILES string of the molecule is C[C@H](Cn1cc(Cl)cn1)C(=O)N[C@@H](C)[C@@H]1C[C@H]2CC[C@H]1C2. The van der Waals surface area contributed by atoms with Crippen molar-refractivity contribution in [2.24, 2.45) is 23.7 Å². The van der Waals surface area contributed by atoms with Crippen LogP contribution in [0.4, 0.5) is 0 Å². The molecule has 0 aromatic carbocycles. The number of halogens is 1. The number of amides is 1. The molecular formula is C16H24ClN3O. The molecule has 5 heteroatoms. The second-order valence-corrected chi connectivity index (χ2v) is 7.35. The van der Waals surface area contributed by atoms with E-state index in [2.05, 4.69) is 17.3 Å². The minimum Gasteiger partial charge on any atom is -0.353 e. The molecule has 1 aromatic rings. The topological polar surface area (TPSA) is 46.9 Å². The van der Waals surface area contributed by atoms with Crippen LogP contribution in [0.2, 0.25) is 5.02 Å². The van der Waals surface area contributed by atoms with E-state index in [0.717, 1.165) is 11.8 Å². The fraction of sp³-hybridized carbons (Fsp3) is 0.750. The molecule has 3 rings (SSSR count). The molecule has 2 saturated carbocycles. The van der Waals surface area contributed by atoms with Gasteiger partial charge in [0.1, 0.15) is 0 Å². The molecule has 0 radical (unpaired) electrons. The maximum Gasteiger partial charge on any atom is 0.224 e. The summed E-state index contributed by atoms with van der Waals surface area (Å²) in [5, 5.41) is 7.96. The number of carbonyl (C=O) groups excluding carboxylic acids is 1. The number of fused-ring (bicyclic) bond motifs is 2. The Morgan fingerprint density at radius 1 is 1.48 bits per heavy atom. The Morgan fingerprint density at radius 2 is 2.29 bits per heavy atom. The fourth-order valence-corrected chi connectivity index (χ4v) is 4.34. The minimum atomic E-state index is -0.0954. The Labute approximate surface area is 131 Å². The van der Waals surface area contributed by atoms with Crippen molar-refractivity contribution in [2.75, 3.05) is 0 Å². The summed E-state index contributed by atoms with van der Waals surface area (Å²) in [6.45, 7) is 4.68. The fourth-order valence-electron chi connectivity index (χ4n) is 4.18. The van der Waals surface area contributed by atoms with Crippen LogP contribution in [0.1, 0.15) is 39.5 Å². The molecular weight excluding hydrogens is 286 g/mol. The Kier molecular flexibility index (Phi) is 4.25. The molecule has 0 aliphatic heterocycles. The Morgan fingerprint density at radius 3 is 2.86 bits per heavy atom. The molecule has 116 valence electrons. The van der Waals surface area contributed by atoms with E-state index in [-0.39, 0.29) is 17.9 Å². The van der Waals surface area contributed by atoms with Gasteiger partial charge in [0.25, 0.3) is 0 Å². The molecule has 1 N–H and O–H groups in total. The first-order chi connectivity index (χ1) is 10.0. The van der Waals surface area contributed by atoms with E-state index in [1.807, 2.05) is 6.92 Å². The Hall–Kier alpha value is -1.03. The molecule has 1 heterocycles. The second-order valence-electron chi connectivity index (χ2n) is 6.92. The predicted octanol–water partition coefficient (Wildman–Crippen LogP) is 3.11. The molecule has 0 saturated heterocycles. The van der Waals surface area contributed by atoms with Gasteiger partial charge in [-0.25, -0.2) is 0 Å². The van der Waals surface area contributed by atoms with E-state index in [4.69, 9.17) is 11.6 Å². The number of nitrogens with one attached hydrogen (secondary N) is 1. The molecule has 0 unspecified atom stereocenters. The first kappa shape index (κ1) is 14.9. The first-order valence-corrected chi connectivity index (χ1v) is 8.39. The summed E-state index contributed by atoms with van der Waals surface area (Å²) in [6, 6.07) is 0.288. The third kappa shape index (κ3) is 3.25. The number of nitrogens with zero attached hydrogens (tertiary/aromatic N) is 2. The van der Waals surface area contributed by atoms with Gasteiger partial charge >= 0.3 is 0 Å². The smallest absolute Gasteiger partial charge is 0.224 e. The van der Waals surface area contributed by atoms with Crippen molar-refractivity contribution in [1.82, 2.24) is 15.1 Å². The van der Waals surface area contributed by atoms with Crippen molar-refractivity contribution in [2.45, 2.75) is 52.1 Å². The quantitative estimate of drug-likeness (QED) is 0.908. The monoisotopic (exact) mass is 309 g/mol. The van der Waals surface area contributed by atoms with Crippen LogP contribution >= 0.6 is 11.6 Å². The minimum absolute atomic E-state index is 0.0954. The van der Waals surface area contributed by atoms with Crippen LogP contribution in [0.15, 0.2) is 12.4 Å². The zero-order chi connectivity index (χ0) is 15.0. The lowest BCUT2D eigenvalue weighted by Crippen LogP contribution is -2.43. The van der Waals surface area contributed by atoms with Crippen molar-refractivity contribution in [3.05, 3.63) is 17.4 Å². The van der Waals surface area contributed by atoms with E-state index >= 15 is 0 Å². The number of hydrogen-bond acceptors (Lipinski definition) is 2. The van der Waals surface area contributed by atoms with Crippen molar-refractivity contribution >= 4 is 17.5 Å². The largest absolute Gasteiger partial charge is 0.353 e. The van der Waals surface area contributed by atoms with E-state index in [0.29, 0.717) is 17.5 Å². The highest BCUT2D eigenvalue weighted by molar-refractivity contribution is 6.30. The van der Waals surface area contributed by atoms with Gasteiger partial charge < -0.3 is 5.32 Å². The molecule has 2 bridgehead atoms. The third-order valence-electron chi connectivity index (χ3n) is 5.32. The summed E-state index contributed by atoms with van der Waals surface area (Å²) in [5.41, 5.74) is 0. The van der Waals surface area contributed by atoms with Gasteiger partial charge in [-0.3, -0.25) is 9.48 Å². The van der Waals surface area contributed by atoms with Crippen LogP contribution in [0.3, 0.4) is 0 Å². The molecule has 1 aromatic heterocycles. The highest BCUT2D eigenvalue weighted by Crippen LogP contribution is 2.49. The normalized spacial score (nSPS) is 30.3. The van der Waals surface area contributed by atoms with Crippen molar-refractivity contribution in [3.63, 3.8) is 0 Å². The maximum atomic E-state index is 12.3. The molecule has 2 aliphatic rings. The first-order valence-electron chi connectivity index (χ1n) is 8.01. The zero-order valence-electron chi connectivity index (χ0n) is 12.8. The summed E-state index contributed by atoms with van der Waals surface area (Å²) in [4.78, 5) is 12.3. The van der Waals surface area contributed by atoms with Gasteiger partial charge in [0.2, 0.25) is 5.91 Å². The van der Waals surface area contributed by atoms with E-state index < -0.39 is 0 Å². The zero-order valence-corrected chi connectivity index (χ0v) is 13.5. The van der Waals surface area contributed by atoms with Crippen molar-refractivity contribution < 1.29 is 4.79 Å². The molecule has 5 atom stereocenters. The van der Waals surface area contributed by atoms with E-state index in [1.165, 1.54) is 25.7 Å². The number of rotatable bonds is 5. The predicted molar refractivity (Wildman–Crippen MR) is 82.9 cm³/mol. The van der Waals surface area contributed by atoms with Gasteiger partial charge in [-0.2, -0.15) is 5.10 Å². The summed E-state index contributed by atoms with van der Waals surface area (Å²) < 4.78 is 1.73. The standard InChI is InChI=1S/C16H24ClN3O/c1-10(8-20-9-14(17)7-18-20)16(21)19-11(2)15-6-12-3-4-13(15)5-12/h7,9-13,15H,3-6,8H2,1-2H3,(H,19,21)/t10-,11+,12+,13+,15+/m1/s1. The van der Waals surface area contributed by atoms with Crippen LogP contribution < -0.4 is 5.32 Å². The Balaban J connectivity index is 1.51. The van der Waals surface area contributed by atoms with E-state index in [9.17, 15) is 4.79 Å². The lowest BCUT2D eigenvalue weighted by atomic mass is 9.84. The summed E-state index contributed by atoms with van der Waals surface area (Å²) >= 11 is 5.85. The third-order valence-corrected chi connectivity index (χ3v) is 5.51. The van der Waals surface area contributed by atoms with Crippen molar-refractivity contribution in [3.8, 4) is 0 Å². The average molecular weight is 310 g/mol. The molecule has 2 aliphatic carbocycles. The van der Waals surface area contributed by atoms with Crippen LogP contribution in [-0.2, 0) is 11.3 Å². The highest BCUT2D eigenvalue weighted by atomic mass is 35.5. The van der Waals surface area contributed by atoms with Crippen LogP contribution in [0.25, 0.3) is 0 Å². The summed E-state index contributed by atoms with van der Waals surface area (Å²) in [7, 11) is 0. The second kappa shape index (κ2) is 5.99. The average Bonchev–Trinajstić information content (AvgIpc) is 3.15. The lowest BCUT2D eigenvalue weighted by Gasteiger charge is -2.29. The van der Waals surface area contributed by atoms with Crippen LogP contribution in [-0.4, -0.2) is 21.7 Å². The van der Waals surface area contributed by atoms with Gasteiger partial charge in [0.05, 0.1) is 23.7 Å². The molecule has 21 heavy (non-hydrogen) atoms. The molecule has 2 fully saturated rings. The van der Waals surface area contributed by atoms with Gasteiger partial charge in [-0.05, 0) is 43.9 Å². The van der Waals surface area contributed by atoms with Gasteiger partial charge in [0.15, 0.2) is 0 Å². The lowest BCUT2D eigenvalue weighted by molar-refractivity contribution is -0.126. The number of hydrogen-bond donors (Lipinski definition) is 1. The maximum absolute atomic E-state index is 12.3. The number of carbonyl (C=O) groups is 1. The van der Waals surface area contributed by atoms with E-state index in [1.54, 1.807) is 17.1 Å². The van der Waals surface area contributed by atoms with Crippen LogP contribution in [0.5, 0.6) is 0 Å². The molecule has 0 spiro atoms. The summed E-state index contributed by atoms with van der Waals surface area (Å²) in [5.74, 6) is 2.46. The van der Waals surface area contributed by atoms with Gasteiger partial charge in [-0.15, -0.1) is 0 Å². The highest BCUT2D eigenvalue weighted by Gasteiger charge is 2.42. The van der Waals surface area contributed by atoms with Crippen molar-refractivity contribution in [1.29, 1.82) is 0 Å². The molecule has 1 amide bonds. The number of aromatic nitrogens is 2. The van der Waals surface area contributed by atoms with Gasteiger partial charge in [0, 0.05) is 12.2 Å². The Bertz CT molecular complexity index is 515. The van der Waals surface area contributed by atoms with Crippen LogP contribution in [0, 0.1) is 23.7 Å². The molecule has 4 nitrogen and oxygen atoms in total. The summed E-state index contributed by atoms with van der Waals surface area (Å²) in [6.07, 6.45) is 8.80.